The van der Waals surface area contributed by atoms with Gasteiger partial charge >= 0.3 is 6.18 Å². The molecule has 1 fully saturated rings. The smallest absolute Gasteiger partial charge is 0.351 e. The topological polar surface area (TPSA) is 49.4 Å². The lowest BCUT2D eigenvalue weighted by Gasteiger charge is -2.33. The standard InChI is InChI=1S/C26H24F4N2O2S2/c27-20-12-15(26(28,29)30)13-21-19(20)6-2-10-32(21)25(34)18-5-1-4-17(18)24(33)31-14-16-8-9-23(36-16)22-7-3-11-35-22/h3,7-9,11-13,17-18H,1-2,4-6,10,14H2,(H,31,33)/t17-,18?/m1/s1. The summed E-state index contributed by atoms with van der Waals surface area (Å²) >= 11 is 3.24. The molecule has 2 atom stereocenters. The van der Waals surface area contributed by atoms with Crippen molar-refractivity contribution >= 4 is 40.2 Å². The summed E-state index contributed by atoms with van der Waals surface area (Å²) in [4.78, 5) is 31.1. The fourth-order valence-corrected chi connectivity index (χ4v) is 6.92. The number of fused-ring (bicyclic) bond motifs is 1. The molecule has 5 rings (SSSR count). The molecule has 2 amide bonds. The Balaban J connectivity index is 1.30. The molecule has 0 radical (unpaired) electrons. The zero-order valence-corrected chi connectivity index (χ0v) is 20.9. The third kappa shape index (κ3) is 4.93. The van der Waals surface area contributed by atoms with Crippen molar-refractivity contribution in [2.75, 3.05) is 11.4 Å². The molecule has 2 aliphatic rings. The average molecular weight is 537 g/mol. The highest BCUT2D eigenvalue weighted by atomic mass is 32.1. The van der Waals surface area contributed by atoms with E-state index in [-0.39, 0.29) is 30.1 Å². The maximum atomic E-state index is 14.5. The van der Waals surface area contributed by atoms with Crippen molar-refractivity contribution in [3.8, 4) is 9.75 Å². The maximum Gasteiger partial charge on any atom is 0.416 e. The van der Waals surface area contributed by atoms with E-state index in [0.29, 0.717) is 38.3 Å². The molecule has 0 bridgehead atoms. The van der Waals surface area contributed by atoms with E-state index < -0.39 is 35.3 Å². The van der Waals surface area contributed by atoms with Crippen LogP contribution in [0.25, 0.3) is 9.75 Å². The summed E-state index contributed by atoms with van der Waals surface area (Å²) in [5.41, 5.74) is -1.01. The highest BCUT2D eigenvalue weighted by molar-refractivity contribution is 7.21. The molecule has 10 heteroatoms. The van der Waals surface area contributed by atoms with Gasteiger partial charge in [-0.3, -0.25) is 9.59 Å². The first-order chi connectivity index (χ1) is 17.2. The Hall–Kier alpha value is -2.72. The number of thiophene rings is 2. The first-order valence-electron chi connectivity index (χ1n) is 11.8. The van der Waals surface area contributed by atoms with Crippen LogP contribution < -0.4 is 10.2 Å². The van der Waals surface area contributed by atoms with Crippen LogP contribution >= 0.6 is 22.7 Å². The Morgan fingerprint density at radius 3 is 2.61 bits per heavy atom. The lowest BCUT2D eigenvalue weighted by atomic mass is 9.91. The van der Waals surface area contributed by atoms with Gasteiger partial charge in [0, 0.05) is 32.7 Å². The Morgan fingerprint density at radius 1 is 1.06 bits per heavy atom. The van der Waals surface area contributed by atoms with Crippen molar-refractivity contribution in [3.05, 3.63) is 63.6 Å². The lowest BCUT2D eigenvalue weighted by Crippen LogP contribution is -2.44. The van der Waals surface area contributed by atoms with Crippen molar-refractivity contribution in [1.29, 1.82) is 0 Å². The van der Waals surface area contributed by atoms with Gasteiger partial charge in [-0.25, -0.2) is 4.39 Å². The fourth-order valence-electron chi connectivity index (χ4n) is 5.14. The second-order valence-corrected chi connectivity index (χ2v) is 11.3. The Bertz CT molecular complexity index is 1270. The van der Waals surface area contributed by atoms with E-state index in [0.717, 1.165) is 20.7 Å². The minimum Gasteiger partial charge on any atom is -0.351 e. The molecule has 190 valence electrons. The van der Waals surface area contributed by atoms with E-state index in [4.69, 9.17) is 0 Å². The van der Waals surface area contributed by atoms with Crippen molar-refractivity contribution < 1.29 is 27.2 Å². The fraction of sp³-hybridized carbons (Fsp3) is 0.385. The molecule has 1 aliphatic carbocycles. The third-order valence-corrected chi connectivity index (χ3v) is 9.05. The zero-order chi connectivity index (χ0) is 25.4. The highest BCUT2D eigenvalue weighted by Gasteiger charge is 2.42. The molecule has 1 unspecified atom stereocenters. The third-order valence-electron chi connectivity index (χ3n) is 6.90. The summed E-state index contributed by atoms with van der Waals surface area (Å²) in [6, 6.07) is 9.36. The van der Waals surface area contributed by atoms with Gasteiger partial charge in [0.15, 0.2) is 0 Å². The van der Waals surface area contributed by atoms with E-state index >= 15 is 0 Å². The number of halogens is 4. The van der Waals surface area contributed by atoms with E-state index in [1.807, 2.05) is 29.6 Å². The van der Waals surface area contributed by atoms with E-state index in [9.17, 15) is 27.2 Å². The van der Waals surface area contributed by atoms with E-state index in [2.05, 4.69) is 5.32 Å². The summed E-state index contributed by atoms with van der Waals surface area (Å²) in [5, 5.41) is 4.95. The number of hydrogen-bond acceptors (Lipinski definition) is 4. The minimum atomic E-state index is -4.72. The van der Waals surface area contributed by atoms with Crippen molar-refractivity contribution in [2.45, 2.75) is 44.8 Å². The van der Waals surface area contributed by atoms with E-state index in [1.165, 1.54) is 4.90 Å². The quantitative estimate of drug-likeness (QED) is 0.372. The number of anilines is 1. The molecule has 2 aromatic heterocycles. The van der Waals surface area contributed by atoms with Gasteiger partial charge in [-0.15, -0.1) is 22.7 Å². The number of amides is 2. The number of nitrogens with one attached hydrogen (secondary N) is 1. The molecule has 1 N–H and O–H groups in total. The Morgan fingerprint density at radius 2 is 1.86 bits per heavy atom. The molecule has 4 nitrogen and oxygen atoms in total. The van der Waals surface area contributed by atoms with E-state index in [1.54, 1.807) is 22.7 Å². The van der Waals surface area contributed by atoms with Crippen LogP contribution in [0.2, 0.25) is 0 Å². The van der Waals surface area contributed by atoms with Crippen LogP contribution in [-0.2, 0) is 28.7 Å². The van der Waals surface area contributed by atoms with Gasteiger partial charge in [-0.1, -0.05) is 12.5 Å². The van der Waals surface area contributed by atoms with Crippen molar-refractivity contribution in [2.24, 2.45) is 11.8 Å². The summed E-state index contributed by atoms with van der Waals surface area (Å²) in [5.74, 6) is -2.78. The number of carbonyl (C=O) groups excluding carboxylic acids is 2. The number of rotatable bonds is 5. The lowest BCUT2D eigenvalue weighted by molar-refractivity contribution is -0.137. The van der Waals surface area contributed by atoms with Gasteiger partial charge in [-0.2, -0.15) is 13.2 Å². The van der Waals surface area contributed by atoms with Crippen LogP contribution in [0.5, 0.6) is 0 Å². The Labute approximate surface area is 213 Å². The largest absolute Gasteiger partial charge is 0.416 e. The van der Waals surface area contributed by atoms with Gasteiger partial charge in [0.2, 0.25) is 11.8 Å². The Kier molecular flexibility index (Phi) is 6.91. The molecular weight excluding hydrogens is 512 g/mol. The van der Waals surface area contributed by atoms with Crippen LogP contribution in [-0.4, -0.2) is 18.4 Å². The summed E-state index contributed by atoms with van der Waals surface area (Å²) < 4.78 is 54.5. The second-order valence-electron chi connectivity index (χ2n) is 9.15. The number of alkyl halides is 3. The number of nitrogens with zero attached hydrogens (tertiary/aromatic N) is 1. The van der Waals surface area contributed by atoms with Crippen molar-refractivity contribution in [1.82, 2.24) is 5.32 Å². The van der Waals surface area contributed by atoms with Gasteiger partial charge in [-0.05, 0) is 61.4 Å². The maximum absolute atomic E-state index is 14.5. The average Bonchev–Trinajstić information content (AvgIpc) is 3.62. The molecule has 0 spiro atoms. The minimum absolute atomic E-state index is 0.0238. The predicted molar refractivity (Wildman–Crippen MR) is 132 cm³/mol. The van der Waals surface area contributed by atoms with Crippen LogP contribution in [0.1, 0.15) is 41.7 Å². The zero-order valence-electron chi connectivity index (χ0n) is 19.2. The molecule has 3 heterocycles. The van der Waals surface area contributed by atoms with Gasteiger partial charge in [0.1, 0.15) is 5.82 Å². The molecule has 1 aliphatic heterocycles. The SMILES string of the molecule is O=C(NCc1ccc(-c2cccs2)s1)[C@@H]1CCCC1C(=O)N1CCCc2c(F)cc(C(F)(F)F)cc21. The number of hydrogen-bond donors (Lipinski definition) is 1. The van der Waals surface area contributed by atoms with Crippen LogP contribution in [0.3, 0.4) is 0 Å². The van der Waals surface area contributed by atoms with Gasteiger partial charge < -0.3 is 10.2 Å². The normalized spacial score (nSPS) is 19.8. The second kappa shape index (κ2) is 9.97. The monoisotopic (exact) mass is 536 g/mol. The molecule has 36 heavy (non-hydrogen) atoms. The molecule has 3 aromatic rings. The first kappa shape index (κ1) is 25.0. The van der Waals surface area contributed by atoms with Gasteiger partial charge in [0.05, 0.1) is 23.7 Å². The predicted octanol–water partition coefficient (Wildman–Crippen LogP) is 6.65. The molecular formula is C26H24F4N2O2S2. The summed E-state index contributed by atoms with van der Waals surface area (Å²) in [6.45, 7) is 0.553. The summed E-state index contributed by atoms with van der Waals surface area (Å²) in [7, 11) is 0. The van der Waals surface area contributed by atoms with Crippen LogP contribution in [0, 0.1) is 17.7 Å². The number of carbonyl (C=O) groups is 2. The molecule has 1 saturated carbocycles. The summed E-state index contributed by atoms with van der Waals surface area (Å²) in [6.07, 6.45) is -2.31. The first-order valence-corrected chi connectivity index (χ1v) is 13.5. The van der Waals surface area contributed by atoms with Crippen LogP contribution in [0.4, 0.5) is 23.2 Å². The molecule has 0 saturated heterocycles. The highest BCUT2D eigenvalue weighted by Crippen LogP contribution is 2.40. The van der Waals surface area contributed by atoms with Crippen LogP contribution in [0.15, 0.2) is 41.8 Å². The van der Waals surface area contributed by atoms with Crippen molar-refractivity contribution in [3.63, 3.8) is 0 Å². The number of benzene rings is 1. The van der Waals surface area contributed by atoms with Gasteiger partial charge in [0.25, 0.3) is 0 Å². The molecule has 1 aromatic carbocycles.